The zero-order valence-corrected chi connectivity index (χ0v) is 16.8. The summed E-state index contributed by atoms with van der Waals surface area (Å²) in [4.78, 5) is 45.0. The monoisotopic (exact) mass is 397 g/mol. The van der Waals surface area contributed by atoms with E-state index in [9.17, 15) is 14.4 Å². The van der Waals surface area contributed by atoms with Gasteiger partial charge in [-0.1, -0.05) is 6.92 Å². The smallest absolute Gasteiger partial charge is 0.272 e. The van der Waals surface area contributed by atoms with Gasteiger partial charge in [0, 0.05) is 31.3 Å². The third kappa shape index (κ3) is 7.92. The molecule has 3 amide bonds. The fourth-order valence-corrected chi connectivity index (χ4v) is 2.63. The molecule has 0 aliphatic carbocycles. The van der Waals surface area contributed by atoms with E-state index in [1.807, 2.05) is 20.1 Å². The molecular weight excluding hydrogens is 370 g/mol. The zero-order valence-electron chi connectivity index (χ0n) is 16.0. The quantitative estimate of drug-likeness (QED) is 0.480. The van der Waals surface area contributed by atoms with Gasteiger partial charge in [-0.05, 0) is 19.6 Å². The Morgan fingerprint density at radius 1 is 1.15 bits per heavy atom. The molecule has 1 aromatic heterocycles. The number of methoxy groups -OCH3 is 1. The van der Waals surface area contributed by atoms with Crippen molar-refractivity contribution in [1.29, 1.82) is 0 Å². The second-order valence-corrected chi connectivity index (χ2v) is 6.82. The van der Waals surface area contributed by atoms with E-state index in [0.29, 0.717) is 5.75 Å². The first-order valence-corrected chi connectivity index (χ1v) is 9.97. The summed E-state index contributed by atoms with van der Waals surface area (Å²) in [6.07, 6.45) is 6.75. The SMILES string of the molecule is CC[C@@H](C)NC(=O)[C@@H](CSC)NC(=O)[C@H](COC)NC(=O)c1cnccn1. The van der Waals surface area contributed by atoms with Gasteiger partial charge in [0.2, 0.25) is 11.8 Å². The van der Waals surface area contributed by atoms with E-state index in [2.05, 4.69) is 25.9 Å². The van der Waals surface area contributed by atoms with Crippen LogP contribution in [0.15, 0.2) is 18.6 Å². The van der Waals surface area contributed by atoms with Crippen LogP contribution >= 0.6 is 11.8 Å². The molecule has 0 saturated heterocycles. The summed E-state index contributed by atoms with van der Waals surface area (Å²) >= 11 is 1.44. The predicted molar refractivity (Wildman–Crippen MR) is 103 cm³/mol. The average Bonchev–Trinajstić information content (AvgIpc) is 2.67. The number of ether oxygens (including phenoxy) is 1. The molecular formula is C17H27N5O4S. The third-order valence-electron chi connectivity index (χ3n) is 3.72. The molecule has 0 aliphatic heterocycles. The minimum absolute atomic E-state index is 0.00453. The fourth-order valence-electron chi connectivity index (χ4n) is 2.07. The lowest BCUT2D eigenvalue weighted by atomic mass is 10.2. The predicted octanol–water partition coefficient (Wildman–Crippen LogP) is -0.0161. The fraction of sp³-hybridized carbons (Fsp3) is 0.588. The van der Waals surface area contributed by atoms with Crippen molar-refractivity contribution < 1.29 is 19.1 Å². The maximum Gasteiger partial charge on any atom is 0.272 e. The van der Waals surface area contributed by atoms with Crippen LogP contribution in [0.1, 0.15) is 30.8 Å². The standard InChI is InChI=1S/C17H27N5O4S/c1-5-11(2)20-17(25)14(10-27-4)22-16(24)13(9-26-3)21-15(23)12-8-18-6-7-19-12/h6-8,11,13-14H,5,9-10H2,1-4H3,(H,20,25)(H,21,23)(H,22,24)/t11-,13+,14-/m1/s1. The Kier molecular flexibility index (Phi) is 10.3. The molecule has 0 saturated carbocycles. The van der Waals surface area contributed by atoms with Gasteiger partial charge in [0.25, 0.3) is 5.91 Å². The van der Waals surface area contributed by atoms with Crippen LogP contribution in [0.5, 0.6) is 0 Å². The molecule has 0 fully saturated rings. The van der Waals surface area contributed by atoms with E-state index < -0.39 is 23.9 Å². The highest BCUT2D eigenvalue weighted by atomic mass is 32.2. The molecule has 0 aliphatic rings. The van der Waals surface area contributed by atoms with Crippen molar-refractivity contribution in [2.75, 3.05) is 25.7 Å². The molecule has 10 heteroatoms. The van der Waals surface area contributed by atoms with Gasteiger partial charge < -0.3 is 20.7 Å². The van der Waals surface area contributed by atoms with Crippen molar-refractivity contribution >= 4 is 29.5 Å². The molecule has 0 spiro atoms. The highest BCUT2D eigenvalue weighted by molar-refractivity contribution is 7.98. The van der Waals surface area contributed by atoms with Crippen molar-refractivity contribution in [1.82, 2.24) is 25.9 Å². The van der Waals surface area contributed by atoms with Gasteiger partial charge >= 0.3 is 0 Å². The molecule has 0 unspecified atom stereocenters. The average molecular weight is 398 g/mol. The van der Waals surface area contributed by atoms with Crippen molar-refractivity contribution in [3.8, 4) is 0 Å². The van der Waals surface area contributed by atoms with Crippen LogP contribution in [-0.4, -0.2) is 71.5 Å². The molecule has 9 nitrogen and oxygen atoms in total. The highest BCUT2D eigenvalue weighted by Gasteiger charge is 2.27. The topological polar surface area (TPSA) is 122 Å². The van der Waals surface area contributed by atoms with Gasteiger partial charge in [-0.3, -0.25) is 19.4 Å². The summed E-state index contributed by atoms with van der Waals surface area (Å²) in [7, 11) is 1.42. The summed E-state index contributed by atoms with van der Waals surface area (Å²) in [5, 5.41) is 8.10. The van der Waals surface area contributed by atoms with E-state index in [1.54, 1.807) is 0 Å². The van der Waals surface area contributed by atoms with Gasteiger partial charge in [-0.15, -0.1) is 0 Å². The van der Waals surface area contributed by atoms with Crippen LogP contribution in [-0.2, 0) is 14.3 Å². The minimum Gasteiger partial charge on any atom is -0.382 e. The van der Waals surface area contributed by atoms with Crippen LogP contribution in [0.3, 0.4) is 0 Å². The first-order chi connectivity index (χ1) is 12.9. The summed E-state index contributed by atoms with van der Waals surface area (Å²) in [5.41, 5.74) is 0.0848. The Bertz CT molecular complexity index is 617. The first-order valence-electron chi connectivity index (χ1n) is 8.58. The lowest BCUT2D eigenvalue weighted by Gasteiger charge is -2.23. The Balaban J connectivity index is 2.78. The number of hydrogen-bond acceptors (Lipinski definition) is 7. The van der Waals surface area contributed by atoms with Crippen LogP contribution in [0, 0.1) is 0 Å². The van der Waals surface area contributed by atoms with Crippen molar-refractivity contribution in [2.24, 2.45) is 0 Å². The molecule has 150 valence electrons. The number of nitrogens with one attached hydrogen (secondary N) is 3. The number of carbonyl (C=O) groups excluding carboxylic acids is 3. The van der Waals surface area contributed by atoms with Crippen molar-refractivity contribution in [3.05, 3.63) is 24.3 Å². The van der Waals surface area contributed by atoms with Crippen LogP contribution in [0.4, 0.5) is 0 Å². The minimum atomic E-state index is -0.967. The maximum absolute atomic E-state index is 12.6. The summed E-state index contributed by atoms with van der Waals surface area (Å²) in [6.45, 7) is 3.81. The summed E-state index contributed by atoms with van der Waals surface area (Å²) < 4.78 is 5.03. The van der Waals surface area contributed by atoms with E-state index in [1.165, 1.54) is 37.5 Å². The number of carbonyl (C=O) groups is 3. The second kappa shape index (κ2) is 12.2. The van der Waals surface area contributed by atoms with E-state index in [-0.39, 0.29) is 24.2 Å². The number of aromatic nitrogens is 2. The van der Waals surface area contributed by atoms with Gasteiger partial charge in [0.15, 0.2) is 0 Å². The lowest BCUT2D eigenvalue weighted by Crippen LogP contribution is -2.56. The van der Waals surface area contributed by atoms with E-state index in [4.69, 9.17) is 4.74 Å². The first kappa shape index (κ1) is 22.8. The largest absolute Gasteiger partial charge is 0.382 e. The summed E-state index contributed by atoms with van der Waals surface area (Å²) in [6, 6.07) is -1.68. The molecule has 1 rings (SSSR count). The number of thioether (sulfide) groups is 1. The van der Waals surface area contributed by atoms with Crippen LogP contribution in [0.2, 0.25) is 0 Å². The van der Waals surface area contributed by atoms with Gasteiger partial charge in [0.05, 0.1) is 12.8 Å². The molecule has 1 aromatic rings. The molecule has 0 aromatic carbocycles. The Morgan fingerprint density at radius 2 is 1.85 bits per heavy atom. The molecule has 3 N–H and O–H groups in total. The zero-order chi connectivity index (χ0) is 20.2. The lowest BCUT2D eigenvalue weighted by molar-refractivity contribution is -0.130. The molecule has 3 atom stereocenters. The normalized spacial score (nSPS) is 13.9. The molecule has 0 bridgehead atoms. The van der Waals surface area contributed by atoms with Gasteiger partial charge in [0.1, 0.15) is 17.8 Å². The van der Waals surface area contributed by atoms with Crippen molar-refractivity contribution in [3.63, 3.8) is 0 Å². The highest BCUT2D eigenvalue weighted by Crippen LogP contribution is 2.01. The van der Waals surface area contributed by atoms with E-state index >= 15 is 0 Å². The Hall–Kier alpha value is -2.20. The number of rotatable bonds is 11. The second-order valence-electron chi connectivity index (χ2n) is 5.91. The van der Waals surface area contributed by atoms with Gasteiger partial charge in [-0.2, -0.15) is 11.8 Å². The molecule has 0 radical (unpaired) electrons. The maximum atomic E-state index is 12.6. The number of hydrogen-bond donors (Lipinski definition) is 3. The number of amides is 3. The van der Waals surface area contributed by atoms with E-state index in [0.717, 1.165) is 6.42 Å². The molecule has 1 heterocycles. The number of nitrogens with zero attached hydrogens (tertiary/aromatic N) is 2. The third-order valence-corrected chi connectivity index (χ3v) is 4.38. The Labute approximate surface area is 163 Å². The van der Waals surface area contributed by atoms with Gasteiger partial charge in [-0.25, -0.2) is 4.98 Å². The molecule has 27 heavy (non-hydrogen) atoms. The van der Waals surface area contributed by atoms with Crippen molar-refractivity contribution in [2.45, 2.75) is 38.4 Å². The summed E-state index contributed by atoms with van der Waals surface area (Å²) in [5.74, 6) is -0.909. The van der Waals surface area contributed by atoms with Crippen LogP contribution in [0.25, 0.3) is 0 Å². The Morgan fingerprint density at radius 3 is 2.41 bits per heavy atom. The van der Waals surface area contributed by atoms with Crippen LogP contribution < -0.4 is 16.0 Å².